The number of hydrogen-bond acceptors (Lipinski definition) is 6. The Bertz CT molecular complexity index is 1300. The normalized spacial score (nSPS) is 12.0. The van der Waals surface area contributed by atoms with Gasteiger partial charge in [-0.05, 0) is 43.5 Å². The molecule has 0 N–H and O–H groups in total. The van der Waals surface area contributed by atoms with Gasteiger partial charge in [0.25, 0.3) is 10.0 Å². The molecule has 0 bridgehead atoms. The number of thioether (sulfide) groups is 1. The molecule has 8 heteroatoms. The number of aryl methyl sites for hydroxylation is 1. The lowest BCUT2D eigenvalue weighted by Crippen LogP contribution is -2.20. The van der Waals surface area contributed by atoms with Gasteiger partial charge in [0, 0.05) is 30.6 Å². The van der Waals surface area contributed by atoms with Gasteiger partial charge in [-0.3, -0.25) is 4.79 Å². The summed E-state index contributed by atoms with van der Waals surface area (Å²) in [6.45, 7) is 1.87. The standard InChI is InChI=1S/C22H21N3O3S2/c1-15-5-9-19(10-6-15)30(27,28)25-20-12-18(29-4)8-7-16(20)11-21(25)22(26)17(13-23)14-24(2)3/h5-12,14H,1-4H3. The van der Waals surface area contributed by atoms with E-state index in [2.05, 4.69) is 0 Å². The van der Waals surface area contributed by atoms with Crippen molar-refractivity contribution in [3.8, 4) is 6.07 Å². The van der Waals surface area contributed by atoms with Gasteiger partial charge >= 0.3 is 0 Å². The van der Waals surface area contributed by atoms with Crippen LogP contribution in [0.25, 0.3) is 10.9 Å². The molecule has 0 aliphatic heterocycles. The Kier molecular flexibility index (Phi) is 6.06. The number of carbonyl (C=O) groups excluding carboxylic acids is 1. The SMILES string of the molecule is CSc1ccc2cc(C(=O)C(C#N)=CN(C)C)n(S(=O)(=O)c3ccc(C)cc3)c2c1. The van der Waals surface area contributed by atoms with E-state index in [9.17, 15) is 18.5 Å². The number of benzene rings is 2. The fraction of sp³-hybridized carbons (Fsp3) is 0.182. The number of carbonyl (C=O) groups is 1. The molecule has 30 heavy (non-hydrogen) atoms. The number of Topliss-reactive ketones (excluding diaryl/α,β-unsaturated/α-hetero) is 1. The highest BCUT2D eigenvalue weighted by Crippen LogP contribution is 2.30. The predicted octanol–water partition coefficient (Wildman–Crippen LogP) is 4.06. The lowest BCUT2D eigenvalue weighted by molar-refractivity contribution is 0.103. The van der Waals surface area contributed by atoms with Crippen molar-refractivity contribution in [2.24, 2.45) is 0 Å². The number of allylic oxidation sites excluding steroid dienone is 1. The molecule has 0 spiro atoms. The zero-order chi connectivity index (χ0) is 22.1. The summed E-state index contributed by atoms with van der Waals surface area (Å²) in [6, 6.07) is 15.2. The molecule has 154 valence electrons. The van der Waals surface area contributed by atoms with Crippen LogP contribution in [0.3, 0.4) is 0 Å². The Morgan fingerprint density at radius 1 is 1.13 bits per heavy atom. The Hall–Kier alpha value is -3.02. The van der Waals surface area contributed by atoms with Gasteiger partial charge in [0.05, 0.1) is 10.4 Å². The van der Waals surface area contributed by atoms with E-state index < -0.39 is 15.8 Å². The number of ketones is 1. The molecular formula is C22H21N3O3S2. The highest BCUT2D eigenvalue weighted by molar-refractivity contribution is 7.98. The van der Waals surface area contributed by atoms with Crippen LogP contribution < -0.4 is 0 Å². The topological polar surface area (TPSA) is 83.2 Å². The summed E-state index contributed by atoms with van der Waals surface area (Å²) in [4.78, 5) is 15.7. The van der Waals surface area contributed by atoms with Gasteiger partial charge in [0.15, 0.2) is 0 Å². The Morgan fingerprint density at radius 3 is 2.37 bits per heavy atom. The monoisotopic (exact) mass is 439 g/mol. The minimum atomic E-state index is -4.07. The van der Waals surface area contributed by atoms with E-state index >= 15 is 0 Å². The summed E-state index contributed by atoms with van der Waals surface area (Å²) >= 11 is 1.47. The van der Waals surface area contributed by atoms with Gasteiger partial charge in [-0.1, -0.05) is 23.8 Å². The molecule has 1 aromatic heterocycles. The van der Waals surface area contributed by atoms with Crippen LogP contribution in [0, 0.1) is 18.3 Å². The summed E-state index contributed by atoms with van der Waals surface area (Å²) < 4.78 is 28.2. The third kappa shape index (κ3) is 3.99. The maximum atomic E-state index is 13.6. The largest absolute Gasteiger partial charge is 0.382 e. The lowest BCUT2D eigenvalue weighted by atomic mass is 10.1. The third-order valence-electron chi connectivity index (χ3n) is 4.51. The predicted molar refractivity (Wildman–Crippen MR) is 119 cm³/mol. The first-order chi connectivity index (χ1) is 14.2. The highest BCUT2D eigenvalue weighted by atomic mass is 32.2. The minimum absolute atomic E-state index is 0.0709. The number of hydrogen-bond donors (Lipinski definition) is 0. The molecule has 1 heterocycles. The molecule has 0 saturated heterocycles. The number of nitrogens with zero attached hydrogens (tertiary/aromatic N) is 3. The van der Waals surface area contributed by atoms with Crippen molar-refractivity contribution in [2.75, 3.05) is 20.4 Å². The first kappa shape index (κ1) is 21.7. The summed E-state index contributed by atoms with van der Waals surface area (Å²) in [7, 11) is -0.697. The molecule has 3 aromatic rings. The summed E-state index contributed by atoms with van der Waals surface area (Å²) in [5.74, 6) is -0.649. The van der Waals surface area contributed by atoms with Crippen LogP contribution in [0.4, 0.5) is 0 Å². The minimum Gasteiger partial charge on any atom is -0.382 e. The Balaban J connectivity index is 2.35. The average Bonchev–Trinajstić information content (AvgIpc) is 3.11. The molecule has 0 aliphatic rings. The van der Waals surface area contributed by atoms with E-state index in [1.165, 1.54) is 36.2 Å². The van der Waals surface area contributed by atoms with Gasteiger partial charge in [0.1, 0.15) is 17.3 Å². The smallest absolute Gasteiger partial charge is 0.268 e. The van der Waals surface area contributed by atoms with Gasteiger partial charge < -0.3 is 4.90 Å². The van der Waals surface area contributed by atoms with Crippen molar-refractivity contribution >= 4 is 38.5 Å². The van der Waals surface area contributed by atoms with Crippen molar-refractivity contribution in [3.63, 3.8) is 0 Å². The molecule has 0 amide bonds. The number of aromatic nitrogens is 1. The van der Waals surface area contributed by atoms with Crippen molar-refractivity contribution in [1.29, 1.82) is 5.26 Å². The molecule has 0 aliphatic carbocycles. The summed E-state index contributed by atoms with van der Waals surface area (Å²) in [5, 5.41) is 10.1. The molecule has 6 nitrogen and oxygen atoms in total. The highest BCUT2D eigenvalue weighted by Gasteiger charge is 2.28. The lowest BCUT2D eigenvalue weighted by Gasteiger charge is -2.12. The Labute approximate surface area is 180 Å². The van der Waals surface area contributed by atoms with Crippen LogP contribution in [0.1, 0.15) is 16.1 Å². The van der Waals surface area contributed by atoms with E-state index in [1.54, 1.807) is 43.3 Å². The van der Waals surface area contributed by atoms with Crippen LogP contribution in [-0.2, 0) is 10.0 Å². The molecule has 0 unspecified atom stereocenters. The molecule has 0 atom stereocenters. The van der Waals surface area contributed by atoms with E-state index in [1.807, 2.05) is 25.3 Å². The van der Waals surface area contributed by atoms with Gasteiger partial charge in [-0.15, -0.1) is 11.8 Å². The van der Waals surface area contributed by atoms with Crippen molar-refractivity contribution in [1.82, 2.24) is 8.87 Å². The molecule has 3 rings (SSSR count). The molecular weight excluding hydrogens is 418 g/mol. The van der Waals surface area contributed by atoms with Crippen molar-refractivity contribution < 1.29 is 13.2 Å². The van der Waals surface area contributed by atoms with Crippen molar-refractivity contribution in [2.45, 2.75) is 16.7 Å². The Morgan fingerprint density at radius 2 is 1.80 bits per heavy atom. The van der Waals surface area contributed by atoms with E-state index in [0.29, 0.717) is 10.9 Å². The zero-order valence-corrected chi connectivity index (χ0v) is 18.7. The second kappa shape index (κ2) is 8.38. The third-order valence-corrected chi connectivity index (χ3v) is 6.98. The fourth-order valence-electron chi connectivity index (χ4n) is 3.05. The van der Waals surface area contributed by atoms with E-state index in [0.717, 1.165) is 14.4 Å². The molecule has 2 aromatic carbocycles. The summed E-state index contributed by atoms with van der Waals surface area (Å²) in [5.41, 5.74) is 1.10. The first-order valence-corrected chi connectivity index (χ1v) is 11.7. The zero-order valence-electron chi connectivity index (χ0n) is 17.1. The van der Waals surface area contributed by atoms with Gasteiger partial charge in [-0.2, -0.15) is 5.26 Å². The van der Waals surface area contributed by atoms with E-state index in [-0.39, 0.29) is 16.2 Å². The maximum Gasteiger partial charge on any atom is 0.268 e. The quantitative estimate of drug-likeness (QED) is 0.249. The molecule has 0 saturated carbocycles. The average molecular weight is 440 g/mol. The summed E-state index contributed by atoms with van der Waals surface area (Å²) in [6.07, 6.45) is 3.28. The number of rotatable bonds is 6. The number of fused-ring (bicyclic) bond motifs is 1. The van der Waals surface area contributed by atoms with Gasteiger partial charge in [-0.25, -0.2) is 12.4 Å². The second-order valence-corrected chi connectivity index (χ2v) is 9.65. The molecule has 0 radical (unpaired) electrons. The second-order valence-electron chi connectivity index (χ2n) is 6.98. The fourth-order valence-corrected chi connectivity index (χ4v) is 4.99. The van der Waals surface area contributed by atoms with Crippen LogP contribution in [0.15, 0.2) is 70.1 Å². The van der Waals surface area contributed by atoms with Crippen LogP contribution in [-0.4, -0.2) is 43.4 Å². The van der Waals surface area contributed by atoms with Crippen LogP contribution in [0.2, 0.25) is 0 Å². The van der Waals surface area contributed by atoms with Crippen LogP contribution in [0.5, 0.6) is 0 Å². The van der Waals surface area contributed by atoms with Crippen molar-refractivity contribution in [3.05, 3.63) is 71.6 Å². The van der Waals surface area contributed by atoms with E-state index in [4.69, 9.17) is 0 Å². The van der Waals surface area contributed by atoms with Crippen LogP contribution >= 0.6 is 11.8 Å². The maximum absolute atomic E-state index is 13.6. The first-order valence-electron chi connectivity index (χ1n) is 9.04. The number of nitriles is 1. The molecule has 0 fully saturated rings. The van der Waals surface area contributed by atoms with Gasteiger partial charge in [0.2, 0.25) is 5.78 Å².